The average molecular weight is 230 g/mol. The van der Waals surface area contributed by atoms with Crippen molar-refractivity contribution in [3.63, 3.8) is 0 Å². The summed E-state index contributed by atoms with van der Waals surface area (Å²) < 4.78 is 0. The second kappa shape index (κ2) is 3.85. The minimum Gasteiger partial charge on any atom is -0.391 e. The fraction of sp³-hybridized carbons (Fsp3) is 0.333. The summed E-state index contributed by atoms with van der Waals surface area (Å²) in [5.74, 6) is 1.10. The molecule has 1 atom stereocenters. The fourth-order valence-corrected chi connectivity index (χ4v) is 2.25. The number of benzene rings is 1. The summed E-state index contributed by atoms with van der Waals surface area (Å²) in [5, 5.41) is 10.6. The van der Waals surface area contributed by atoms with Crippen molar-refractivity contribution >= 4 is 22.7 Å². The van der Waals surface area contributed by atoms with E-state index in [2.05, 4.69) is 14.9 Å². The third-order valence-electron chi connectivity index (χ3n) is 3.06. The Balaban J connectivity index is 2.14. The van der Waals surface area contributed by atoms with Crippen LogP contribution >= 0.6 is 0 Å². The van der Waals surface area contributed by atoms with Crippen molar-refractivity contribution < 1.29 is 5.11 Å². The molecule has 2 heterocycles. The highest BCUT2D eigenvalue weighted by Crippen LogP contribution is 2.27. The summed E-state index contributed by atoms with van der Waals surface area (Å²) in [4.78, 5) is 10.6. The van der Waals surface area contributed by atoms with Crippen LogP contribution in [-0.4, -0.2) is 34.3 Å². The summed E-state index contributed by atoms with van der Waals surface area (Å²) in [5.41, 5.74) is 6.56. The van der Waals surface area contributed by atoms with Crippen LogP contribution in [0.2, 0.25) is 0 Å². The molecule has 88 valence electrons. The Morgan fingerprint density at radius 2 is 2.12 bits per heavy atom. The number of hydrogen-bond acceptors (Lipinski definition) is 5. The molecule has 1 aliphatic rings. The van der Waals surface area contributed by atoms with E-state index < -0.39 is 0 Å². The van der Waals surface area contributed by atoms with Crippen molar-refractivity contribution in [3.05, 3.63) is 24.3 Å². The van der Waals surface area contributed by atoms with Crippen molar-refractivity contribution in [2.24, 2.45) is 0 Å². The van der Waals surface area contributed by atoms with E-state index >= 15 is 0 Å². The minimum atomic E-state index is -0.273. The predicted octanol–water partition coefficient (Wildman–Crippen LogP) is 0.783. The van der Waals surface area contributed by atoms with Gasteiger partial charge in [-0.25, -0.2) is 4.98 Å². The molecule has 3 N–H and O–H groups in total. The molecule has 5 nitrogen and oxygen atoms in total. The third kappa shape index (κ3) is 1.78. The lowest BCUT2D eigenvalue weighted by Gasteiger charge is -2.18. The maximum absolute atomic E-state index is 9.59. The summed E-state index contributed by atoms with van der Waals surface area (Å²) in [7, 11) is 0. The summed E-state index contributed by atoms with van der Waals surface area (Å²) in [6, 6.07) is 7.79. The predicted molar refractivity (Wildman–Crippen MR) is 66.8 cm³/mol. The van der Waals surface area contributed by atoms with Crippen LogP contribution in [-0.2, 0) is 0 Å². The zero-order valence-corrected chi connectivity index (χ0v) is 9.37. The number of fused-ring (bicyclic) bond motifs is 1. The Labute approximate surface area is 98.9 Å². The lowest BCUT2D eigenvalue weighted by atomic mass is 10.2. The van der Waals surface area contributed by atoms with E-state index in [1.807, 2.05) is 24.3 Å². The standard InChI is InChI=1S/C12H14N4O/c13-12-14-10-4-2-1-3-9(10)11(15-12)16-6-5-8(17)7-16/h1-4,8,17H,5-7H2,(H2,13,14,15). The molecule has 1 unspecified atom stereocenters. The summed E-state index contributed by atoms with van der Waals surface area (Å²) in [6.45, 7) is 1.42. The number of hydrogen-bond donors (Lipinski definition) is 2. The molecular weight excluding hydrogens is 216 g/mol. The number of aliphatic hydroxyl groups excluding tert-OH is 1. The van der Waals surface area contributed by atoms with Gasteiger partial charge in [0.15, 0.2) is 0 Å². The Morgan fingerprint density at radius 1 is 1.29 bits per heavy atom. The fourth-order valence-electron chi connectivity index (χ4n) is 2.25. The first-order chi connectivity index (χ1) is 8.24. The maximum atomic E-state index is 9.59. The highest BCUT2D eigenvalue weighted by molar-refractivity contribution is 5.90. The van der Waals surface area contributed by atoms with Gasteiger partial charge in [-0.2, -0.15) is 4.98 Å². The van der Waals surface area contributed by atoms with Gasteiger partial charge in [-0.3, -0.25) is 0 Å². The van der Waals surface area contributed by atoms with Crippen molar-refractivity contribution in [3.8, 4) is 0 Å². The van der Waals surface area contributed by atoms with Crippen LogP contribution in [0.15, 0.2) is 24.3 Å². The van der Waals surface area contributed by atoms with E-state index in [0.29, 0.717) is 6.54 Å². The van der Waals surface area contributed by atoms with Crippen molar-refractivity contribution in [2.75, 3.05) is 23.7 Å². The van der Waals surface area contributed by atoms with Gasteiger partial charge in [-0.15, -0.1) is 0 Å². The smallest absolute Gasteiger partial charge is 0.222 e. The van der Waals surface area contributed by atoms with E-state index in [-0.39, 0.29) is 12.1 Å². The first-order valence-corrected chi connectivity index (χ1v) is 5.69. The van der Waals surface area contributed by atoms with Crippen molar-refractivity contribution in [2.45, 2.75) is 12.5 Å². The number of aromatic nitrogens is 2. The number of para-hydroxylation sites is 1. The highest BCUT2D eigenvalue weighted by Gasteiger charge is 2.23. The van der Waals surface area contributed by atoms with Crippen LogP contribution in [0.1, 0.15) is 6.42 Å². The first kappa shape index (κ1) is 10.3. The number of aliphatic hydroxyl groups is 1. The Kier molecular flexibility index (Phi) is 2.33. The number of β-amino-alcohol motifs (C(OH)–C–C–N with tert-alkyl or cyclic N) is 1. The van der Waals surface area contributed by atoms with Crippen LogP contribution in [0.3, 0.4) is 0 Å². The van der Waals surface area contributed by atoms with Gasteiger partial charge in [0.2, 0.25) is 5.95 Å². The first-order valence-electron chi connectivity index (χ1n) is 5.69. The van der Waals surface area contributed by atoms with Gasteiger partial charge in [-0.05, 0) is 18.6 Å². The minimum absolute atomic E-state index is 0.273. The second-order valence-electron chi connectivity index (χ2n) is 4.31. The molecule has 0 spiro atoms. The quantitative estimate of drug-likeness (QED) is 0.757. The van der Waals surface area contributed by atoms with Crippen LogP contribution < -0.4 is 10.6 Å². The van der Waals surface area contributed by atoms with E-state index in [1.54, 1.807) is 0 Å². The number of nitrogen functional groups attached to an aromatic ring is 1. The topological polar surface area (TPSA) is 75.3 Å². The number of rotatable bonds is 1. The molecule has 1 aromatic carbocycles. The van der Waals surface area contributed by atoms with E-state index in [9.17, 15) is 5.11 Å². The number of nitrogens with two attached hydrogens (primary N) is 1. The molecular formula is C12H14N4O. The van der Waals surface area contributed by atoms with E-state index in [4.69, 9.17) is 5.73 Å². The van der Waals surface area contributed by atoms with Crippen LogP contribution in [0.25, 0.3) is 10.9 Å². The molecule has 0 aliphatic carbocycles. The van der Waals surface area contributed by atoms with Crippen molar-refractivity contribution in [1.29, 1.82) is 0 Å². The monoisotopic (exact) mass is 230 g/mol. The van der Waals surface area contributed by atoms with Gasteiger partial charge in [0.25, 0.3) is 0 Å². The molecule has 5 heteroatoms. The van der Waals surface area contributed by atoms with Gasteiger partial charge in [0.05, 0.1) is 11.6 Å². The summed E-state index contributed by atoms with van der Waals surface area (Å²) >= 11 is 0. The lowest BCUT2D eigenvalue weighted by Crippen LogP contribution is -2.23. The molecule has 1 saturated heterocycles. The largest absolute Gasteiger partial charge is 0.391 e. The molecule has 0 radical (unpaired) electrons. The van der Waals surface area contributed by atoms with E-state index in [0.717, 1.165) is 29.7 Å². The zero-order chi connectivity index (χ0) is 11.8. The zero-order valence-electron chi connectivity index (χ0n) is 9.37. The van der Waals surface area contributed by atoms with Gasteiger partial charge in [-0.1, -0.05) is 12.1 Å². The Hall–Kier alpha value is -1.88. The molecule has 17 heavy (non-hydrogen) atoms. The Bertz CT molecular complexity index is 557. The van der Waals surface area contributed by atoms with Crippen LogP contribution in [0.5, 0.6) is 0 Å². The molecule has 1 aromatic heterocycles. The highest BCUT2D eigenvalue weighted by atomic mass is 16.3. The lowest BCUT2D eigenvalue weighted by molar-refractivity contribution is 0.198. The van der Waals surface area contributed by atoms with E-state index in [1.165, 1.54) is 0 Å². The molecule has 0 bridgehead atoms. The molecule has 3 rings (SSSR count). The average Bonchev–Trinajstić information content (AvgIpc) is 2.74. The number of anilines is 2. The molecule has 1 fully saturated rings. The molecule has 0 amide bonds. The van der Waals surface area contributed by atoms with Gasteiger partial charge in [0, 0.05) is 18.5 Å². The third-order valence-corrected chi connectivity index (χ3v) is 3.06. The SMILES string of the molecule is Nc1nc(N2CCC(O)C2)c2ccccc2n1. The number of nitrogens with zero attached hydrogens (tertiary/aromatic N) is 3. The van der Waals surface area contributed by atoms with Crippen LogP contribution in [0.4, 0.5) is 11.8 Å². The normalized spacial score (nSPS) is 20.1. The van der Waals surface area contributed by atoms with Gasteiger partial charge >= 0.3 is 0 Å². The maximum Gasteiger partial charge on any atom is 0.222 e. The molecule has 2 aromatic rings. The molecule has 0 saturated carbocycles. The van der Waals surface area contributed by atoms with Gasteiger partial charge in [0.1, 0.15) is 5.82 Å². The Morgan fingerprint density at radius 3 is 2.88 bits per heavy atom. The van der Waals surface area contributed by atoms with Crippen molar-refractivity contribution in [1.82, 2.24) is 9.97 Å². The van der Waals surface area contributed by atoms with Crippen LogP contribution in [0, 0.1) is 0 Å². The summed E-state index contributed by atoms with van der Waals surface area (Å²) in [6.07, 6.45) is 0.503. The molecule has 1 aliphatic heterocycles. The van der Waals surface area contributed by atoms with Gasteiger partial charge < -0.3 is 15.7 Å². The second-order valence-corrected chi connectivity index (χ2v) is 4.31.